The molecule has 0 radical (unpaired) electrons. The number of aromatic amines is 1. The van der Waals surface area contributed by atoms with E-state index in [4.69, 9.17) is 4.74 Å². The highest BCUT2D eigenvalue weighted by atomic mass is 19.1. The SMILES string of the molecule is O=C(c1ccc(=O)[nH]c1)N1CCOC(c2ccc(F)cc2)C1. The Balaban J connectivity index is 1.75. The highest BCUT2D eigenvalue weighted by Gasteiger charge is 2.26. The zero-order valence-electron chi connectivity index (χ0n) is 11.8. The molecule has 1 amide bonds. The predicted molar refractivity (Wildman–Crippen MR) is 78.1 cm³/mol. The molecule has 1 N–H and O–H groups in total. The molecule has 2 aromatic rings. The normalized spacial score (nSPS) is 18.2. The van der Waals surface area contributed by atoms with E-state index in [1.807, 2.05) is 0 Å². The second-order valence-electron chi connectivity index (χ2n) is 5.10. The fourth-order valence-corrected chi connectivity index (χ4v) is 2.44. The third-order valence-corrected chi connectivity index (χ3v) is 3.63. The quantitative estimate of drug-likeness (QED) is 0.919. The molecule has 1 saturated heterocycles. The van der Waals surface area contributed by atoms with Gasteiger partial charge in [0.15, 0.2) is 0 Å². The van der Waals surface area contributed by atoms with Gasteiger partial charge < -0.3 is 14.6 Å². The number of hydrogen-bond donors (Lipinski definition) is 1. The summed E-state index contributed by atoms with van der Waals surface area (Å²) < 4.78 is 18.6. The van der Waals surface area contributed by atoms with Crippen molar-refractivity contribution in [3.8, 4) is 0 Å². The van der Waals surface area contributed by atoms with Crippen molar-refractivity contribution in [2.75, 3.05) is 19.7 Å². The van der Waals surface area contributed by atoms with E-state index in [-0.39, 0.29) is 23.4 Å². The maximum absolute atomic E-state index is 13.0. The van der Waals surface area contributed by atoms with Gasteiger partial charge in [-0.3, -0.25) is 9.59 Å². The fraction of sp³-hybridized carbons (Fsp3) is 0.250. The van der Waals surface area contributed by atoms with Gasteiger partial charge in [0.05, 0.1) is 18.7 Å². The smallest absolute Gasteiger partial charge is 0.255 e. The molecule has 1 unspecified atom stereocenters. The number of carbonyl (C=O) groups is 1. The first-order chi connectivity index (χ1) is 10.6. The van der Waals surface area contributed by atoms with E-state index >= 15 is 0 Å². The molecule has 114 valence electrons. The van der Waals surface area contributed by atoms with Crippen LogP contribution >= 0.6 is 0 Å². The van der Waals surface area contributed by atoms with Crippen molar-refractivity contribution >= 4 is 5.91 Å². The van der Waals surface area contributed by atoms with E-state index in [9.17, 15) is 14.0 Å². The van der Waals surface area contributed by atoms with Crippen LogP contribution in [0.2, 0.25) is 0 Å². The minimum absolute atomic E-state index is 0.160. The van der Waals surface area contributed by atoms with Crippen LogP contribution in [0.4, 0.5) is 4.39 Å². The number of nitrogens with one attached hydrogen (secondary N) is 1. The summed E-state index contributed by atoms with van der Waals surface area (Å²) in [6.45, 7) is 1.29. The van der Waals surface area contributed by atoms with Crippen LogP contribution in [0.15, 0.2) is 47.4 Å². The molecule has 2 heterocycles. The molecule has 1 aromatic carbocycles. The van der Waals surface area contributed by atoms with Crippen LogP contribution in [0.1, 0.15) is 22.0 Å². The van der Waals surface area contributed by atoms with E-state index in [1.165, 1.54) is 30.5 Å². The lowest BCUT2D eigenvalue weighted by Gasteiger charge is -2.33. The van der Waals surface area contributed by atoms with Crippen molar-refractivity contribution in [2.24, 2.45) is 0 Å². The molecule has 1 aromatic heterocycles. The molecule has 0 spiro atoms. The van der Waals surface area contributed by atoms with Gasteiger partial charge in [-0.1, -0.05) is 12.1 Å². The van der Waals surface area contributed by atoms with E-state index in [0.717, 1.165) is 5.56 Å². The number of nitrogens with zero attached hydrogens (tertiary/aromatic N) is 1. The largest absolute Gasteiger partial charge is 0.370 e. The van der Waals surface area contributed by atoms with Gasteiger partial charge in [0.2, 0.25) is 5.56 Å². The summed E-state index contributed by atoms with van der Waals surface area (Å²) in [5.41, 5.74) is 1.02. The Kier molecular flexibility index (Phi) is 4.02. The number of pyridine rings is 1. The zero-order valence-corrected chi connectivity index (χ0v) is 11.8. The number of benzene rings is 1. The van der Waals surface area contributed by atoms with E-state index in [0.29, 0.717) is 25.3 Å². The first-order valence-electron chi connectivity index (χ1n) is 6.98. The van der Waals surface area contributed by atoms with Crippen LogP contribution in [0.3, 0.4) is 0 Å². The highest BCUT2D eigenvalue weighted by molar-refractivity contribution is 5.93. The summed E-state index contributed by atoms with van der Waals surface area (Å²) in [5, 5.41) is 0. The monoisotopic (exact) mass is 302 g/mol. The molecule has 0 bridgehead atoms. The molecule has 1 aliphatic rings. The Morgan fingerprint density at radius 3 is 2.68 bits per heavy atom. The number of ether oxygens (including phenoxy) is 1. The topological polar surface area (TPSA) is 62.4 Å². The van der Waals surface area contributed by atoms with Crippen molar-refractivity contribution in [1.29, 1.82) is 0 Å². The minimum Gasteiger partial charge on any atom is -0.370 e. The summed E-state index contributed by atoms with van der Waals surface area (Å²) in [7, 11) is 0. The molecular weight excluding hydrogens is 287 g/mol. The number of H-pyrrole nitrogens is 1. The van der Waals surface area contributed by atoms with Crippen molar-refractivity contribution in [1.82, 2.24) is 9.88 Å². The second kappa shape index (κ2) is 6.11. The number of halogens is 1. The lowest BCUT2D eigenvalue weighted by Crippen LogP contribution is -2.42. The molecular formula is C16H15FN2O3. The van der Waals surface area contributed by atoms with Gasteiger partial charge >= 0.3 is 0 Å². The lowest BCUT2D eigenvalue weighted by atomic mass is 10.1. The van der Waals surface area contributed by atoms with Crippen LogP contribution in [0.25, 0.3) is 0 Å². The molecule has 1 aliphatic heterocycles. The fourth-order valence-electron chi connectivity index (χ4n) is 2.44. The van der Waals surface area contributed by atoms with Crippen LogP contribution in [-0.4, -0.2) is 35.5 Å². The molecule has 3 rings (SSSR count). The van der Waals surface area contributed by atoms with Gasteiger partial charge in [-0.25, -0.2) is 4.39 Å². The van der Waals surface area contributed by atoms with E-state index in [2.05, 4.69) is 4.98 Å². The molecule has 1 fully saturated rings. The Hall–Kier alpha value is -2.47. The minimum atomic E-state index is -0.305. The Morgan fingerprint density at radius 1 is 1.23 bits per heavy atom. The van der Waals surface area contributed by atoms with Gasteiger partial charge in [-0.2, -0.15) is 0 Å². The third kappa shape index (κ3) is 3.07. The average Bonchev–Trinajstić information content (AvgIpc) is 2.56. The zero-order chi connectivity index (χ0) is 15.5. The highest BCUT2D eigenvalue weighted by Crippen LogP contribution is 2.23. The molecule has 22 heavy (non-hydrogen) atoms. The summed E-state index contributed by atoms with van der Waals surface area (Å²) in [5.74, 6) is -0.465. The van der Waals surface area contributed by atoms with E-state index < -0.39 is 0 Å². The Morgan fingerprint density at radius 2 is 2.00 bits per heavy atom. The van der Waals surface area contributed by atoms with Crippen LogP contribution in [0, 0.1) is 5.82 Å². The molecule has 0 aliphatic carbocycles. The first-order valence-corrected chi connectivity index (χ1v) is 6.98. The third-order valence-electron chi connectivity index (χ3n) is 3.63. The van der Waals surface area contributed by atoms with E-state index in [1.54, 1.807) is 17.0 Å². The molecule has 5 nitrogen and oxygen atoms in total. The molecule has 1 atom stereocenters. The number of hydrogen-bond acceptors (Lipinski definition) is 3. The summed E-state index contributed by atoms with van der Waals surface area (Å²) >= 11 is 0. The number of carbonyl (C=O) groups excluding carboxylic acids is 1. The average molecular weight is 302 g/mol. The summed E-state index contributed by atoms with van der Waals surface area (Å²) in [6.07, 6.45) is 1.13. The Labute approximate surface area is 126 Å². The number of amides is 1. The number of morpholine rings is 1. The number of aromatic nitrogens is 1. The van der Waals surface area contributed by atoms with Crippen molar-refractivity contribution in [3.63, 3.8) is 0 Å². The van der Waals surface area contributed by atoms with Gasteiger partial charge in [0.1, 0.15) is 11.9 Å². The summed E-state index contributed by atoms with van der Waals surface area (Å²) in [4.78, 5) is 27.6. The maximum Gasteiger partial charge on any atom is 0.255 e. The van der Waals surface area contributed by atoms with Crippen molar-refractivity contribution < 1.29 is 13.9 Å². The first kappa shape index (κ1) is 14.5. The standard InChI is InChI=1S/C16H15FN2O3/c17-13-4-1-11(2-5-13)14-10-19(7-8-22-14)16(21)12-3-6-15(20)18-9-12/h1-6,9,14H,7-8,10H2,(H,18,20). The molecule has 0 saturated carbocycles. The van der Waals surface area contributed by atoms with Crippen molar-refractivity contribution in [3.05, 3.63) is 69.9 Å². The number of rotatable bonds is 2. The van der Waals surface area contributed by atoms with Crippen LogP contribution < -0.4 is 5.56 Å². The van der Waals surface area contributed by atoms with Gasteiger partial charge in [-0.15, -0.1) is 0 Å². The lowest BCUT2D eigenvalue weighted by molar-refractivity contribution is -0.0228. The maximum atomic E-state index is 13.0. The summed E-state index contributed by atoms with van der Waals surface area (Å²) in [6, 6.07) is 8.90. The van der Waals surface area contributed by atoms with Crippen molar-refractivity contribution in [2.45, 2.75) is 6.10 Å². The molecule has 6 heteroatoms. The second-order valence-corrected chi connectivity index (χ2v) is 5.10. The van der Waals surface area contributed by atoms with Crippen LogP contribution in [-0.2, 0) is 4.74 Å². The Bertz CT molecular complexity index is 706. The van der Waals surface area contributed by atoms with Gasteiger partial charge in [0, 0.05) is 18.8 Å². The predicted octanol–water partition coefficient (Wildman–Crippen LogP) is 1.73. The van der Waals surface area contributed by atoms with Gasteiger partial charge in [-0.05, 0) is 23.8 Å². The van der Waals surface area contributed by atoms with Gasteiger partial charge in [0.25, 0.3) is 5.91 Å². The van der Waals surface area contributed by atoms with Crippen LogP contribution in [0.5, 0.6) is 0 Å².